The summed E-state index contributed by atoms with van der Waals surface area (Å²) in [6.45, 7) is 3.96. The van der Waals surface area contributed by atoms with E-state index >= 15 is 0 Å². The predicted molar refractivity (Wildman–Crippen MR) is 38.6 cm³/mol. The van der Waals surface area contributed by atoms with Gasteiger partial charge in [0.2, 0.25) is 0 Å². The van der Waals surface area contributed by atoms with Crippen LogP contribution in [0.15, 0.2) is 0 Å². The summed E-state index contributed by atoms with van der Waals surface area (Å²) in [6, 6.07) is 0. The molecule has 0 radical (unpaired) electrons. The van der Waals surface area contributed by atoms with Crippen LogP contribution in [-0.2, 0) is 0 Å². The van der Waals surface area contributed by atoms with Crippen molar-refractivity contribution in [2.75, 3.05) is 26.3 Å². The Kier molecular flexibility index (Phi) is 2.28. The first-order chi connectivity index (χ1) is 4.73. The fourth-order valence-corrected chi connectivity index (χ4v) is 1.39. The second-order valence-electron chi connectivity index (χ2n) is 3.32. The van der Waals surface area contributed by atoms with E-state index in [1.165, 1.54) is 0 Å². The Morgan fingerprint density at radius 2 is 2.30 bits per heavy atom. The lowest BCUT2D eigenvalue weighted by atomic mass is 9.81. The van der Waals surface area contributed by atoms with Crippen LogP contribution in [0.2, 0.25) is 0 Å². The van der Waals surface area contributed by atoms with Gasteiger partial charge in [0.1, 0.15) is 0 Å². The molecule has 2 unspecified atom stereocenters. The molecule has 3 nitrogen and oxygen atoms in total. The first kappa shape index (κ1) is 7.98. The fourth-order valence-electron chi connectivity index (χ4n) is 1.39. The smallest absolute Gasteiger partial charge is 0.0500 e. The van der Waals surface area contributed by atoms with Crippen LogP contribution in [0.5, 0.6) is 0 Å². The highest BCUT2D eigenvalue weighted by atomic mass is 16.3. The minimum atomic E-state index is -0.102. The van der Waals surface area contributed by atoms with Crippen LogP contribution < -0.4 is 5.32 Å². The van der Waals surface area contributed by atoms with E-state index in [2.05, 4.69) is 5.32 Å². The van der Waals surface area contributed by atoms with Crippen molar-refractivity contribution in [2.24, 2.45) is 11.3 Å². The number of hydrogen-bond acceptors (Lipinski definition) is 3. The van der Waals surface area contributed by atoms with Gasteiger partial charge >= 0.3 is 0 Å². The van der Waals surface area contributed by atoms with E-state index < -0.39 is 0 Å². The third kappa shape index (κ3) is 1.17. The van der Waals surface area contributed by atoms with Gasteiger partial charge in [0.05, 0.1) is 6.61 Å². The summed E-state index contributed by atoms with van der Waals surface area (Å²) in [5.74, 6) is 0.220. The van der Waals surface area contributed by atoms with Gasteiger partial charge in [0.25, 0.3) is 0 Å². The van der Waals surface area contributed by atoms with Gasteiger partial charge in [0, 0.05) is 31.0 Å². The monoisotopic (exact) mass is 145 g/mol. The average molecular weight is 145 g/mol. The molecule has 0 amide bonds. The van der Waals surface area contributed by atoms with Gasteiger partial charge in [-0.05, 0) is 0 Å². The van der Waals surface area contributed by atoms with Crippen molar-refractivity contribution in [2.45, 2.75) is 6.92 Å². The lowest BCUT2D eigenvalue weighted by Gasteiger charge is -2.26. The van der Waals surface area contributed by atoms with Gasteiger partial charge < -0.3 is 15.5 Å². The van der Waals surface area contributed by atoms with Crippen LogP contribution >= 0.6 is 0 Å². The van der Waals surface area contributed by atoms with E-state index in [4.69, 9.17) is 10.2 Å². The maximum absolute atomic E-state index is 8.98. The second-order valence-corrected chi connectivity index (χ2v) is 3.32. The highest BCUT2D eigenvalue weighted by Crippen LogP contribution is 2.29. The SMILES string of the molecule is CC1(CO)CNCC1CO. The Balaban J connectivity index is 2.56. The highest BCUT2D eigenvalue weighted by molar-refractivity contribution is 4.90. The molecule has 1 heterocycles. The summed E-state index contributed by atoms with van der Waals surface area (Å²) >= 11 is 0. The van der Waals surface area contributed by atoms with Crippen LogP contribution in [0.25, 0.3) is 0 Å². The van der Waals surface area contributed by atoms with Crippen molar-refractivity contribution in [3.63, 3.8) is 0 Å². The predicted octanol–water partition coefficient (Wildman–Crippen LogP) is -0.803. The third-order valence-corrected chi connectivity index (χ3v) is 2.49. The van der Waals surface area contributed by atoms with Crippen molar-refractivity contribution in [1.29, 1.82) is 0 Å². The molecule has 0 bridgehead atoms. The summed E-state index contributed by atoms with van der Waals surface area (Å²) in [5, 5.41) is 21.0. The van der Waals surface area contributed by atoms with Crippen LogP contribution in [0.1, 0.15) is 6.92 Å². The van der Waals surface area contributed by atoms with E-state index in [-0.39, 0.29) is 24.5 Å². The van der Waals surface area contributed by atoms with Gasteiger partial charge in [0.15, 0.2) is 0 Å². The molecule has 1 fully saturated rings. The molecule has 0 aromatic carbocycles. The summed E-state index contributed by atoms with van der Waals surface area (Å²) in [6.07, 6.45) is 0. The van der Waals surface area contributed by atoms with Crippen LogP contribution in [0, 0.1) is 11.3 Å². The van der Waals surface area contributed by atoms with Crippen LogP contribution in [0.4, 0.5) is 0 Å². The van der Waals surface area contributed by atoms with Gasteiger partial charge in [-0.15, -0.1) is 0 Å². The third-order valence-electron chi connectivity index (χ3n) is 2.49. The molecule has 1 rings (SSSR count). The van der Waals surface area contributed by atoms with Gasteiger partial charge in [-0.2, -0.15) is 0 Å². The van der Waals surface area contributed by atoms with Crippen molar-refractivity contribution in [1.82, 2.24) is 5.32 Å². The number of hydrogen-bond donors (Lipinski definition) is 3. The maximum atomic E-state index is 8.98. The molecular formula is C7H15NO2. The van der Waals surface area contributed by atoms with E-state index in [0.29, 0.717) is 0 Å². The Morgan fingerprint density at radius 1 is 1.60 bits per heavy atom. The van der Waals surface area contributed by atoms with E-state index in [0.717, 1.165) is 13.1 Å². The molecule has 2 atom stereocenters. The molecule has 0 aromatic rings. The molecule has 0 aromatic heterocycles. The first-order valence-electron chi connectivity index (χ1n) is 3.65. The molecule has 0 spiro atoms. The molecular weight excluding hydrogens is 130 g/mol. The first-order valence-corrected chi connectivity index (χ1v) is 3.65. The average Bonchev–Trinajstić information content (AvgIpc) is 2.32. The molecule has 3 heteroatoms. The van der Waals surface area contributed by atoms with E-state index in [1.807, 2.05) is 6.92 Å². The van der Waals surface area contributed by atoms with E-state index in [9.17, 15) is 0 Å². The van der Waals surface area contributed by atoms with Gasteiger partial charge in [-0.3, -0.25) is 0 Å². The second kappa shape index (κ2) is 2.86. The molecule has 1 aliphatic heterocycles. The van der Waals surface area contributed by atoms with Crippen molar-refractivity contribution in [3.8, 4) is 0 Å². The molecule has 60 valence electrons. The van der Waals surface area contributed by atoms with Crippen LogP contribution in [-0.4, -0.2) is 36.5 Å². The minimum Gasteiger partial charge on any atom is -0.396 e. The standard InChI is InChI=1S/C7H15NO2/c1-7(5-10)4-8-2-6(7)3-9/h6,8-10H,2-5H2,1H3. The van der Waals surface area contributed by atoms with Crippen molar-refractivity contribution >= 4 is 0 Å². The molecule has 0 saturated carbocycles. The molecule has 1 aliphatic rings. The van der Waals surface area contributed by atoms with Crippen molar-refractivity contribution in [3.05, 3.63) is 0 Å². The molecule has 1 saturated heterocycles. The zero-order valence-electron chi connectivity index (χ0n) is 6.30. The quantitative estimate of drug-likeness (QED) is 0.476. The number of nitrogens with one attached hydrogen (secondary N) is 1. The maximum Gasteiger partial charge on any atom is 0.0500 e. The fraction of sp³-hybridized carbons (Fsp3) is 1.00. The van der Waals surface area contributed by atoms with Crippen molar-refractivity contribution < 1.29 is 10.2 Å². The normalized spacial score (nSPS) is 40.5. The summed E-state index contributed by atoms with van der Waals surface area (Å²) in [7, 11) is 0. The number of aliphatic hydroxyl groups excluding tert-OH is 2. The van der Waals surface area contributed by atoms with Crippen LogP contribution in [0.3, 0.4) is 0 Å². The largest absolute Gasteiger partial charge is 0.396 e. The molecule has 3 N–H and O–H groups in total. The van der Waals surface area contributed by atoms with Gasteiger partial charge in [-0.25, -0.2) is 0 Å². The highest BCUT2D eigenvalue weighted by Gasteiger charge is 2.37. The van der Waals surface area contributed by atoms with E-state index in [1.54, 1.807) is 0 Å². The Labute approximate surface area is 61.1 Å². The topological polar surface area (TPSA) is 52.5 Å². The minimum absolute atomic E-state index is 0.102. The summed E-state index contributed by atoms with van der Waals surface area (Å²) < 4.78 is 0. The van der Waals surface area contributed by atoms with Gasteiger partial charge in [-0.1, -0.05) is 6.92 Å². The summed E-state index contributed by atoms with van der Waals surface area (Å²) in [4.78, 5) is 0. The molecule has 0 aliphatic carbocycles. The zero-order chi connectivity index (χ0) is 7.61. The molecule has 10 heavy (non-hydrogen) atoms. The Hall–Kier alpha value is -0.120. The number of aliphatic hydroxyl groups is 2. The lowest BCUT2D eigenvalue weighted by Crippen LogP contribution is -2.32. The number of rotatable bonds is 2. The Bertz CT molecular complexity index is 118. The Morgan fingerprint density at radius 3 is 2.70 bits per heavy atom. The lowest BCUT2D eigenvalue weighted by molar-refractivity contribution is 0.0796. The summed E-state index contributed by atoms with van der Waals surface area (Å²) in [5.41, 5.74) is -0.102. The zero-order valence-corrected chi connectivity index (χ0v) is 6.30.